The third-order valence-electron chi connectivity index (χ3n) is 6.34. The fourth-order valence-corrected chi connectivity index (χ4v) is 4.56. The first-order valence-corrected chi connectivity index (χ1v) is 12.3. The van der Waals surface area contributed by atoms with Crippen molar-refractivity contribution < 1.29 is 32.5 Å². The Morgan fingerprint density at radius 3 is 2.51 bits per heavy atom. The first-order valence-electron chi connectivity index (χ1n) is 12.3. The Labute approximate surface area is 214 Å². The van der Waals surface area contributed by atoms with Crippen LogP contribution in [0.15, 0.2) is 30.5 Å². The van der Waals surface area contributed by atoms with Crippen molar-refractivity contribution in [1.29, 1.82) is 0 Å². The van der Waals surface area contributed by atoms with Gasteiger partial charge in [0.05, 0.1) is 24.3 Å². The van der Waals surface area contributed by atoms with E-state index in [1.807, 2.05) is 6.20 Å². The minimum absolute atomic E-state index is 0.0220. The van der Waals surface area contributed by atoms with Gasteiger partial charge in [-0.25, -0.2) is 14.8 Å². The van der Waals surface area contributed by atoms with Gasteiger partial charge in [-0.3, -0.25) is 4.90 Å². The number of ether oxygens (including phenoxy) is 2. The van der Waals surface area contributed by atoms with Crippen LogP contribution < -0.4 is 10.1 Å². The number of fused-ring (bicyclic) bond motifs is 2. The standard InChI is InChI=1S/C24H32N4O2.C2HF3O2/c1-23(2,3)30-20-8-4-17(5-9-20)13-28-11-10-24(15-28)16-29-14-18-12-25-22(27-21(18)24)26-19-6-7-19;3-2(4,5)1(6)7/h4-5,8-9,12,19H,6-7,10-11,13-16H2,1-3H3,(H,25,26,27);(H,6,7). The number of halogens is 3. The fourth-order valence-electron chi connectivity index (χ4n) is 4.56. The number of aromatic nitrogens is 2. The lowest BCUT2D eigenvalue weighted by Gasteiger charge is -2.34. The highest BCUT2D eigenvalue weighted by molar-refractivity contribution is 5.73. The van der Waals surface area contributed by atoms with Crippen LogP contribution in [0.5, 0.6) is 5.75 Å². The van der Waals surface area contributed by atoms with Gasteiger partial charge in [0.2, 0.25) is 5.95 Å². The van der Waals surface area contributed by atoms with E-state index in [0.29, 0.717) is 12.6 Å². The highest BCUT2D eigenvalue weighted by Gasteiger charge is 2.45. The van der Waals surface area contributed by atoms with Gasteiger partial charge in [-0.15, -0.1) is 0 Å². The summed E-state index contributed by atoms with van der Waals surface area (Å²) >= 11 is 0. The molecule has 2 aliphatic heterocycles. The van der Waals surface area contributed by atoms with E-state index in [-0.39, 0.29) is 11.0 Å². The number of rotatable bonds is 5. The number of carboxylic acids is 1. The maximum Gasteiger partial charge on any atom is 0.490 e. The molecule has 202 valence electrons. The van der Waals surface area contributed by atoms with E-state index in [4.69, 9.17) is 24.4 Å². The quantitative estimate of drug-likeness (QED) is 0.591. The molecular formula is C26H33F3N4O4. The van der Waals surface area contributed by atoms with Crippen molar-refractivity contribution in [3.8, 4) is 5.75 Å². The number of likely N-dealkylation sites (tertiary alicyclic amines) is 1. The fraction of sp³-hybridized carbons (Fsp3) is 0.577. The number of alkyl halides is 3. The summed E-state index contributed by atoms with van der Waals surface area (Å²) in [4.78, 5) is 20.9. The zero-order chi connectivity index (χ0) is 26.8. The minimum Gasteiger partial charge on any atom is -0.488 e. The predicted molar refractivity (Wildman–Crippen MR) is 130 cm³/mol. The molecule has 1 spiro atoms. The second kappa shape index (κ2) is 10.4. The molecule has 0 bridgehead atoms. The highest BCUT2D eigenvalue weighted by Crippen LogP contribution is 2.40. The largest absolute Gasteiger partial charge is 0.490 e. The molecular weight excluding hydrogens is 489 g/mol. The maximum atomic E-state index is 10.6. The molecule has 1 atom stereocenters. The average molecular weight is 523 g/mol. The molecule has 1 saturated heterocycles. The summed E-state index contributed by atoms with van der Waals surface area (Å²) in [7, 11) is 0. The third kappa shape index (κ3) is 7.32. The molecule has 2 fully saturated rings. The van der Waals surface area contributed by atoms with Gasteiger partial charge in [0.15, 0.2) is 0 Å². The van der Waals surface area contributed by atoms with Crippen LogP contribution in [0.3, 0.4) is 0 Å². The molecule has 2 aromatic rings. The van der Waals surface area contributed by atoms with Gasteiger partial charge in [0.25, 0.3) is 0 Å². The molecule has 37 heavy (non-hydrogen) atoms. The second-order valence-electron chi connectivity index (χ2n) is 10.9. The Kier molecular flexibility index (Phi) is 7.66. The van der Waals surface area contributed by atoms with Gasteiger partial charge in [-0.2, -0.15) is 13.2 Å². The number of anilines is 1. The maximum absolute atomic E-state index is 10.6. The Morgan fingerprint density at radius 2 is 1.92 bits per heavy atom. The van der Waals surface area contributed by atoms with Gasteiger partial charge < -0.3 is 19.9 Å². The molecule has 8 nitrogen and oxygen atoms in total. The van der Waals surface area contributed by atoms with Crippen LogP contribution in [0, 0.1) is 0 Å². The molecule has 0 radical (unpaired) electrons. The van der Waals surface area contributed by atoms with Crippen molar-refractivity contribution in [2.75, 3.05) is 25.0 Å². The molecule has 5 rings (SSSR count). The molecule has 3 aliphatic rings. The van der Waals surface area contributed by atoms with E-state index >= 15 is 0 Å². The average Bonchev–Trinajstić information content (AvgIpc) is 3.54. The summed E-state index contributed by atoms with van der Waals surface area (Å²) in [6.45, 7) is 10.5. The molecule has 0 amide bonds. The predicted octanol–water partition coefficient (Wildman–Crippen LogP) is 4.54. The van der Waals surface area contributed by atoms with Crippen molar-refractivity contribution in [2.45, 2.75) is 76.4 Å². The van der Waals surface area contributed by atoms with Crippen molar-refractivity contribution in [2.24, 2.45) is 0 Å². The van der Waals surface area contributed by atoms with Crippen LogP contribution in [-0.4, -0.2) is 63.5 Å². The Bertz CT molecular complexity index is 1100. The number of benzene rings is 1. The molecule has 3 heterocycles. The van der Waals surface area contributed by atoms with Gasteiger partial charge in [-0.1, -0.05) is 12.1 Å². The summed E-state index contributed by atoms with van der Waals surface area (Å²) in [6.07, 6.45) is 0.403. The lowest BCUT2D eigenvalue weighted by atomic mass is 9.80. The molecule has 2 N–H and O–H groups in total. The van der Waals surface area contributed by atoms with Crippen molar-refractivity contribution in [1.82, 2.24) is 14.9 Å². The van der Waals surface area contributed by atoms with Crippen LogP contribution in [0.2, 0.25) is 0 Å². The number of carboxylic acid groups (broad SMARTS) is 1. The molecule has 1 aromatic carbocycles. The summed E-state index contributed by atoms with van der Waals surface area (Å²) in [5.74, 6) is -1.05. The van der Waals surface area contributed by atoms with Crippen LogP contribution in [-0.2, 0) is 28.1 Å². The number of hydrogen-bond donors (Lipinski definition) is 2. The van der Waals surface area contributed by atoms with Gasteiger partial charge in [-0.05, 0) is 64.3 Å². The van der Waals surface area contributed by atoms with Crippen LogP contribution >= 0.6 is 0 Å². The Morgan fingerprint density at radius 1 is 1.24 bits per heavy atom. The summed E-state index contributed by atoms with van der Waals surface area (Å²) in [6, 6.07) is 9.07. The first kappa shape index (κ1) is 27.1. The van der Waals surface area contributed by atoms with Crippen molar-refractivity contribution in [3.05, 3.63) is 47.3 Å². The van der Waals surface area contributed by atoms with E-state index < -0.39 is 12.1 Å². The Balaban J connectivity index is 0.000000405. The number of nitrogens with one attached hydrogen (secondary N) is 1. The molecule has 1 aromatic heterocycles. The lowest BCUT2D eigenvalue weighted by molar-refractivity contribution is -0.192. The number of carbonyl (C=O) groups is 1. The third-order valence-corrected chi connectivity index (χ3v) is 6.34. The number of aliphatic carboxylic acids is 1. The highest BCUT2D eigenvalue weighted by atomic mass is 19.4. The van der Waals surface area contributed by atoms with E-state index in [0.717, 1.165) is 49.9 Å². The van der Waals surface area contributed by atoms with Crippen LogP contribution in [0.1, 0.15) is 56.9 Å². The summed E-state index contributed by atoms with van der Waals surface area (Å²) in [5.41, 5.74) is 3.46. The van der Waals surface area contributed by atoms with Crippen molar-refractivity contribution in [3.63, 3.8) is 0 Å². The van der Waals surface area contributed by atoms with Gasteiger partial charge in [0.1, 0.15) is 11.4 Å². The van der Waals surface area contributed by atoms with E-state index in [1.54, 1.807) is 0 Å². The summed E-state index contributed by atoms with van der Waals surface area (Å²) in [5, 5.41) is 10.6. The summed E-state index contributed by atoms with van der Waals surface area (Å²) < 4.78 is 43.7. The molecule has 11 heteroatoms. The number of nitrogens with zero attached hydrogens (tertiary/aromatic N) is 3. The lowest BCUT2D eigenvalue weighted by Crippen LogP contribution is -2.40. The topological polar surface area (TPSA) is 96.8 Å². The van der Waals surface area contributed by atoms with E-state index in [9.17, 15) is 13.2 Å². The monoisotopic (exact) mass is 522 g/mol. The minimum atomic E-state index is -5.08. The second-order valence-corrected chi connectivity index (χ2v) is 10.9. The van der Waals surface area contributed by atoms with E-state index in [2.05, 4.69) is 60.2 Å². The number of hydrogen-bond acceptors (Lipinski definition) is 7. The Hall–Kier alpha value is -2.92. The van der Waals surface area contributed by atoms with E-state index in [1.165, 1.54) is 24.1 Å². The smallest absolute Gasteiger partial charge is 0.488 e. The molecule has 1 saturated carbocycles. The SMILES string of the molecule is CC(C)(C)Oc1ccc(CN2CCC3(COCc4cnc(NC5CC5)nc43)C2)cc1.O=C(O)C(F)(F)F. The normalized spacial score (nSPS) is 21.7. The zero-order valence-electron chi connectivity index (χ0n) is 21.3. The van der Waals surface area contributed by atoms with Gasteiger partial charge >= 0.3 is 12.1 Å². The van der Waals surface area contributed by atoms with Gasteiger partial charge in [0, 0.05) is 30.9 Å². The van der Waals surface area contributed by atoms with Crippen LogP contribution in [0.4, 0.5) is 19.1 Å². The zero-order valence-corrected chi connectivity index (χ0v) is 21.3. The molecule has 1 unspecified atom stereocenters. The van der Waals surface area contributed by atoms with Crippen LogP contribution in [0.25, 0.3) is 0 Å². The first-order chi connectivity index (χ1) is 17.3. The van der Waals surface area contributed by atoms with Crippen molar-refractivity contribution >= 4 is 11.9 Å². The molecule has 1 aliphatic carbocycles.